The van der Waals surface area contributed by atoms with Gasteiger partial charge in [-0.25, -0.2) is 9.59 Å². The molecule has 0 atom stereocenters. The molecule has 88 valence electrons. The number of aromatic nitrogens is 3. The first kappa shape index (κ1) is 12.0. The van der Waals surface area contributed by atoms with Gasteiger partial charge in [0, 0.05) is 0 Å². The highest BCUT2D eigenvalue weighted by Gasteiger charge is 2.26. The second kappa shape index (κ2) is 3.80. The van der Waals surface area contributed by atoms with Crippen LogP contribution >= 0.6 is 0 Å². The van der Waals surface area contributed by atoms with E-state index in [1.807, 2.05) is 0 Å². The molecule has 0 amide bonds. The standard InChI is InChI=1S/C8H12N4O4/c1-8(2,3)16-7(15)12-4(6(13)14)5(9)10-11-12/h9H2,1-3H3,(H,13,14). The molecule has 0 radical (unpaired) electrons. The van der Waals surface area contributed by atoms with Crippen LogP contribution in [0, 0.1) is 0 Å². The molecule has 0 aliphatic rings. The number of nitrogen functional groups attached to an aromatic ring is 1. The van der Waals surface area contributed by atoms with Gasteiger partial charge in [-0.1, -0.05) is 5.21 Å². The van der Waals surface area contributed by atoms with Crippen LogP contribution in [0.1, 0.15) is 31.3 Å². The summed E-state index contributed by atoms with van der Waals surface area (Å²) in [4.78, 5) is 22.3. The summed E-state index contributed by atoms with van der Waals surface area (Å²) < 4.78 is 5.45. The van der Waals surface area contributed by atoms with E-state index in [9.17, 15) is 9.59 Å². The van der Waals surface area contributed by atoms with Crippen molar-refractivity contribution < 1.29 is 19.4 Å². The Bertz CT molecular complexity index is 432. The summed E-state index contributed by atoms with van der Waals surface area (Å²) in [6.07, 6.45) is -0.936. The van der Waals surface area contributed by atoms with E-state index in [4.69, 9.17) is 15.6 Å². The first-order valence-corrected chi connectivity index (χ1v) is 4.40. The third-order valence-electron chi connectivity index (χ3n) is 1.47. The smallest absolute Gasteiger partial charge is 0.437 e. The molecule has 0 aliphatic carbocycles. The summed E-state index contributed by atoms with van der Waals surface area (Å²) in [6, 6.07) is 0. The van der Waals surface area contributed by atoms with Gasteiger partial charge in [0.05, 0.1) is 0 Å². The summed E-state index contributed by atoms with van der Waals surface area (Å²) in [7, 11) is 0. The summed E-state index contributed by atoms with van der Waals surface area (Å²) in [6.45, 7) is 4.93. The minimum absolute atomic E-state index is 0.335. The van der Waals surface area contributed by atoms with Gasteiger partial charge in [0.25, 0.3) is 0 Å². The van der Waals surface area contributed by atoms with Gasteiger partial charge in [0.1, 0.15) is 5.60 Å². The molecule has 0 saturated carbocycles. The molecule has 0 saturated heterocycles. The van der Waals surface area contributed by atoms with E-state index in [-0.39, 0.29) is 5.82 Å². The minimum atomic E-state index is -1.40. The molecule has 1 aromatic rings. The maximum atomic E-state index is 11.5. The fourth-order valence-electron chi connectivity index (χ4n) is 0.927. The molecule has 0 fully saturated rings. The van der Waals surface area contributed by atoms with Crippen LogP contribution in [-0.2, 0) is 4.74 Å². The molecule has 0 unspecified atom stereocenters. The Morgan fingerprint density at radius 2 is 2.00 bits per heavy atom. The number of ether oxygens (including phenoxy) is 1. The van der Waals surface area contributed by atoms with Gasteiger partial charge in [-0.3, -0.25) is 0 Å². The Labute approximate surface area is 91.0 Å². The Kier molecular flexibility index (Phi) is 2.84. The zero-order valence-electron chi connectivity index (χ0n) is 9.09. The van der Waals surface area contributed by atoms with Crippen molar-refractivity contribution in [3.63, 3.8) is 0 Å². The average Bonchev–Trinajstić information content (AvgIpc) is 2.43. The molecule has 0 aromatic carbocycles. The Morgan fingerprint density at radius 1 is 1.44 bits per heavy atom. The van der Waals surface area contributed by atoms with Gasteiger partial charge in [0.15, 0.2) is 5.82 Å². The summed E-state index contributed by atoms with van der Waals surface area (Å²) in [5, 5.41) is 15.4. The van der Waals surface area contributed by atoms with E-state index in [0.717, 1.165) is 0 Å². The topological polar surface area (TPSA) is 120 Å². The minimum Gasteiger partial charge on any atom is -0.476 e. The van der Waals surface area contributed by atoms with Gasteiger partial charge < -0.3 is 15.6 Å². The molecular formula is C8H12N4O4. The van der Waals surface area contributed by atoms with Crippen molar-refractivity contribution in [2.24, 2.45) is 0 Å². The van der Waals surface area contributed by atoms with Gasteiger partial charge in [-0.15, -0.1) is 9.78 Å². The van der Waals surface area contributed by atoms with Crippen LogP contribution in [0.25, 0.3) is 0 Å². The Balaban J connectivity index is 3.05. The van der Waals surface area contributed by atoms with Crippen molar-refractivity contribution in [1.82, 2.24) is 15.0 Å². The quantitative estimate of drug-likeness (QED) is 0.710. The molecule has 1 aromatic heterocycles. The van der Waals surface area contributed by atoms with Crippen LogP contribution in [-0.4, -0.2) is 37.8 Å². The first-order chi connectivity index (χ1) is 7.22. The van der Waals surface area contributed by atoms with Gasteiger partial charge in [-0.05, 0) is 20.8 Å². The molecule has 3 N–H and O–H groups in total. The molecule has 1 heterocycles. The average molecular weight is 228 g/mol. The number of hydrogen-bond donors (Lipinski definition) is 2. The number of rotatable bonds is 1. The number of aromatic carboxylic acids is 1. The van der Waals surface area contributed by atoms with E-state index < -0.39 is 23.4 Å². The normalized spacial score (nSPS) is 11.2. The SMILES string of the molecule is CC(C)(C)OC(=O)n1nnc(N)c1C(=O)O. The van der Waals surface area contributed by atoms with Crippen LogP contribution in [0.5, 0.6) is 0 Å². The fourth-order valence-corrected chi connectivity index (χ4v) is 0.927. The number of nitrogens with zero attached hydrogens (tertiary/aromatic N) is 3. The second-order valence-electron chi connectivity index (χ2n) is 4.02. The Morgan fingerprint density at radius 3 is 2.44 bits per heavy atom. The van der Waals surface area contributed by atoms with Crippen LogP contribution in [0.15, 0.2) is 0 Å². The van der Waals surface area contributed by atoms with Crippen molar-refractivity contribution in [1.29, 1.82) is 0 Å². The van der Waals surface area contributed by atoms with Crippen molar-refractivity contribution in [3.05, 3.63) is 5.69 Å². The molecule has 0 aliphatic heterocycles. The highest BCUT2D eigenvalue weighted by Crippen LogP contribution is 2.12. The lowest BCUT2D eigenvalue weighted by molar-refractivity contribution is 0.0480. The zero-order valence-corrected chi connectivity index (χ0v) is 9.09. The lowest BCUT2D eigenvalue weighted by Crippen LogP contribution is -2.29. The summed E-state index contributed by atoms with van der Waals surface area (Å²) in [5.74, 6) is -1.73. The van der Waals surface area contributed by atoms with Crippen molar-refractivity contribution >= 4 is 17.9 Å². The van der Waals surface area contributed by atoms with Gasteiger partial charge in [-0.2, -0.15) is 0 Å². The van der Waals surface area contributed by atoms with Gasteiger partial charge in [0.2, 0.25) is 5.69 Å². The molecule has 1 rings (SSSR count). The molecule has 8 heteroatoms. The molecule has 0 bridgehead atoms. The van der Waals surface area contributed by atoms with E-state index in [0.29, 0.717) is 4.68 Å². The number of carbonyl (C=O) groups excluding carboxylic acids is 1. The van der Waals surface area contributed by atoms with Crippen molar-refractivity contribution in [3.8, 4) is 0 Å². The van der Waals surface area contributed by atoms with Crippen molar-refractivity contribution in [2.45, 2.75) is 26.4 Å². The molecule has 0 spiro atoms. The highest BCUT2D eigenvalue weighted by molar-refractivity contribution is 5.94. The fraction of sp³-hybridized carbons (Fsp3) is 0.500. The van der Waals surface area contributed by atoms with E-state index in [1.54, 1.807) is 20.8 Å². The van der Waals surface area contributed by atoms with E-state index >= 15 is 0 Å². The highest BCUT2D eigenvalue weighted by atomic mass is 16.6. The number of carboxylic acids is 1. The monoisotopic (exact) mass is 228 g/mol. The van der Waals surface area contributed by atoms with Crippen molar-refractivity contribution in [2.75, 3.05) is 5.73 Å². The predicted octanol–water partition coefficient (Wildman–Crippen LogP) is 0.342. The summed E-state index contributed by atoms with van der Waals surface area (Å²) in [5.41, 5.74) is 4.00. The Hall–Kier alpha value is -2.12. The van der Waals surface area contributed by atoms with Crippen LogP contribution in [0.4, 0.5) is 10.6 Å². The maximum absolute atomic E-state index is 11.5. The zero-order chi connectivity index (χ0) is 12.5. The van der Waals surface area contributed by atoms with Crippen LogP contribution in [0.3, 0.4) is 0 Å². The first-order valence-electron chi connectivity index (χ1n) is 4.40. The van der Waals surface area contributed by atoms with E-state index in [1.165, 1.54) is 0 Å². The molecule has 16 heavy (non-hydrogen) atoms. The maximum Gasteiger partial charge on any atom is 0.437 e. The number of hydrogen-bond acceptors (Lipinski definition) is 6. The molecular weight excluding hydrogens is 216 g/mol. The number of anilines is 1. The van der Waals surface area contributed by atoms with Crippen LogP contribution in [0.2, 0.25) is 0 Å². The number of carbonyl (C=O) groups is 2. The lowest BCUT2D eigenvalue weighted by Gasteiger charge is -2.18. The largest absolute Gasteiger partial charge is 0.476 e. The predicted molar refractivity (Wildman–Crippen MR) is 53.0 cm³/mol. The number of carboxylic acid groups (broad SMARTS) is 1. The summed E-state index contributed by atoms with van der Waals surface area (Å²) >= 11 is 0. The van der Waals surface area contributed by atoms with Crippen LogP contribution < -0.4 is 5.73 Å². The lowest BCUT2D eigenvalue weighted by atomic mass is 10.2. The van der Waals surface area contributed by atoms with E-state index in [2.05, 4.69) is 10.3 Å². The number of nitrogens with two attached hydrogens (primary N) is 1. The third-order valence-corrected chi connectivity index (χ3v) is 1.47. The second-order valence-corrected chi connectivity index (χ2v) is 4.02. The molecule has 8 nitrogen and oxygen atoms in total. The van der Waals surface area contributed by atoms with Gasteiger partial charge >= 0.3 is 12.1 Å². The third kappa shape index (κ3) is 2.47.